The number of imide groups is 1. The second kappa shape index (κ2) is 6.17. The number of carboxylic acid groups (broad SMARTS) is 1. The van der Waals surface area contributed by atoms with Crippen LogP contribution in [0.25, 0.3) is 0 Å². The highest BCUT2D eigenvalue weighted by Gasteiger charge is 2.49. The van der Waals surface area contributed by atoms with Crippen molar-refractivity contribution in [3.05, 3.63) is 0 Å². The van der Waals surface area contributed by atoms with Crippen LogP contribution in [-0.2, 0) is 14.4 Å². The smallest absolute Gasteiger partial charge is 0.303 e. The van der Waals surface area contributed by atoms with Crippen LogP contribution in [0.2, 0.25) is 0 Å². The van der Waals surface area contributed by atoms with Crippen molar-refractivity contribution in [2.24, 2.45) is 11.3 Å². The summed E-state index contributed by atoms with van der Waals surface area (Å²) in [5.41, 5.74) is -0.557. The number of hydrogen-bond acceptors (Lipinski definition) is 3. The lowest BCUT2D eigenvalue weighted by Crippen LogP contribution is -2.38. The van der Waals surface area contributed by atoms with Gasteiger partial charge in [0.15, 0.2) is 0 Å². The van der Waals surface area contributed by atoms with E-state index < -0.39 is 11.4 Å². The van der Waals surface area contributed by atoms with Gasteiger partial charge in [0.05, 0.1) is 5.41 Å². The number of carbonyl (C=O) groups is 3. The Kier molecular flexibility index (Phi) is 5.09. The van der Waals surface area contributed by atoms with E-state index in [1.54, 1.807) is 0 Å². The molecule has 0 radical (unpaired) electrons. The molecule has 1 N–H and O–H groups in total. The molecule has 0 saturated carbocycles. The zero-order valence-electron chi connectivity index (χ0n) is 11.9. The molecular weight excluding hydrogens is 246 g/mol. The minimum absolute atomic E-state index is 0.00118. The van der Waals surface area contributed by atoms with E-state index in [2.05, 4.69) is 0 Å². The third-order valence-corrected chi connectivity index (χ3v) is 4.32. The molecule has 1 rings (SSSR count). The molecule has 0 aromatic heterocycles. The summed E-state index contributed by atoms with van der Waals surface area (Å²) < 4.78 is 0. The van der Waals surface area contributed by atoms with Gasteiger partial charge in [0.2, 0.25) is 11.8 Å². The Labute approximate surface area is 114 Å². The van der Waals surface area contributed by atoms with Gasteiger partial charge in [-0.3, -0.25) is 19.3 Å². The van der Waals surface area contributed by atoms with Crippen molar-refractivity contribution in [1.29, 1.82) is 0 Å². The minimum atomic E-state index is -0.886. The molecule has 108 valence electrons. The second-order valence-corrected chi connectivity index (χ2v) is 5.35. The summed E-state index contributed by atoms with van der Waals surface area (Å²) in [5, 5.41) is 8.83. The Bertz CT molecular complexity index is 374. The molecule has 1 aliphatic rings. The number of carbonyl (C=O) groups excluding carboxylic acids is 2. The second-order valence-electron chi connectivity index (χ2n) is 5.35. The number of rotatable bonds is 7. The molecule has 0 aromatic rings. The van der Waals surface area contributed by atoms with Crippen LogP contribution in [0, 0.1) is 11.3 Å². The summed E-state index contributed by atoms with van der Waals surface area (Å²) in [5.74, 6) is -1.32. The SMILES string of the molecule is CCC(CC(=O)O)CN1C(=O)CC(CC)(CC)C1=O. The fourth-order valence-corrected chi connectivity index (χ4v) is 2.69. The highest BCUT2D eigenvalue weighted by Crippen LogP contribution is 2.39. The predicted molar refractivity (Wildman–Crippen MR) is 70.4 cm³/mol. The van der Waals surface area contributed by atoms with E-state index in [4.69, 9.17) is 5.11 Å². The number of carboxylic acids is 1. The predicted octanol–water partition coefficient (Wildman–Crippen LogP) is 2.05. The molecule has 0 aromatic carbocycles. The number of aliphatic carboxylic acids is 1. The summed E-state index contributed by atoms with van der Waals surface area (Å²) in [6, 6.07) is 0. The molecular formula is C14H23NO4. The van der Waals surface area contributed by atoms with Crippen molar-refractivity contribution in [2.75, 3.05) is 6.54 Å². The van der Waals surface area contributed by atoms with Crippen LogP contribution >= 0.6 is 0 Å². The van der Waals surface area contributed by atoms with Crippen molar-refractivity contribution in [3.8, 4) is 0 Å². The van der Waals surface area contributed by atoms with Crippen LogP contribution in [-0.4, -0.2) is 34.3 Å². The molecule has 1 fully saturated rings. The maximum Gasteiger partial charge on any atom is 0.303 e. The highest BCUT2D eigenvalue weighted by atomic mass is 16.4. The van der Waals surface area contributed by atoms with Crippen molar-refractivity contribution >= 4 is 17.8 Å². The fraction of sp³-hybridized carbons (Fsp3) is 0.786. The Balaban J connectivity index is 2.81. The van der Waals surface area contributed by atoms with Crippen LogP contribution in [0.3, 0.4) is 0 Å². The first-order valence-electron chi connectivity index (χ1n) is 6.96. The molecule has 1 saturated heterocycles. The van der Waals surface area contributed by atoms with E-state index in [9.17, 15) is 14.4 Å². The van der Waals surface area contributed by atoms with Crippen molar-refractivity contribution < 1.29 is 19.5 Å². The monoisotopic (exact) mass is 269 g/mol. The topological polar surface area (TPSA) is 74.7 Å². The molecule has 0 aliphatic carbocycles. The molecule has 0 spiro atoms. The van der Waals surface area contributed by atoms with E-state index in [1.807, 2.05) is 20.8 Å². The van der Waals surface area contributed by atoms with Gasteiger partial charge >= 0.3 is 5.97 Å². The average Bonchev–Trinajstić information content (AvgIpc) is 2.61. The quantitative estimate of drug-likeness (QED) is 0.718. The van der Waals surface area contributed by atoms with Crippen LogP contribution in [0.1, 0.15) is 52.9 Å². The van der Waals surface area contributed by atoms with Crippen molar-refractivity contribution in [2.45, 2.75) is 52.9 Å². The van der Waals surface area contributed by atoms with Crippen LogP contribution in [0.15, 0.2) is 0 Å². The molecule has 1 unspecified atom stereocenters. The number of nitrogens with zero attached hydrogens (tertiary/aromatic N) is 1. The number of likely N-dealkylation sites (tertiary alicyclic amines) is 1. The van der Waals surface area contributed by atoms with E-state index in [-0.39, 0.29) is 37.1 Å². The van der Waals surface area contributed by atoms with Crippen LogP contribution < -0.4 is 0 Å². The molecule has 1 atom stereocenters. The van der Waals surface area contributed by atoms with E-state index in [1.165, 1.54) is 4.90 Å². The third-order valence-electron chi connectivity index (χ3n) is 4.32. The fourth-order valence-electron chi connectivity index (χ4n) is 2.69. The van der Waals surface area contributed by atoms with Crippen molar-refractivity contribution in [3.63, 3.8) is 0 Å². The van der Waals surface area contributed by atoms with Gasteiger partial charge in [-0.25, -0.2) is 0 Å². The molecule has 19 heavy (non-hydrogen) atoms. The lowest BCUT2D eigenvalue weighted by Gasteiger charge is -2.25. The van der Waals surface area contributed by atoms with E-state index in [0.717, 1.165) is 0 Å². The number of amides is 2. The summed E-state index contributed by atoms with van der Waals surface area (Å²) in [6.45, 7) is 5.97. The lowest BCUT2D eigenvalue weighted by molar-refractivity contribution is -0.144. The van der Waals surface area contributed by atoms with Gasteiger partial charge in [-0.2, -0.15) is 0 Å². The standard InChI is InChI=1S/C14H23NO4/c1-4-10(7-12(17)18)9-15-11(16)8-14(5-2,6-3)13(15)19/h10H,4-9H2,1-3H3,(H,17,18). The van der Waals surface area contributed by atoms with Crippen LogP contribution in [0.5, 0.6) is 0 Å². The molecule has 0 bridgehead atoms. The van der Waals surface area contributed by atoms with Gasteiger partial charge in [0.25, 0.3) is 0 Å². The first kappa shape index (κ1) is 15.7. The number of hydrogen-bond donors (Lipinski definition) is 1. The molecule has 5 nitrogen and oxygen atoms in total. The van der Waals surface area contributed by atoms with Gasteiger partial charge < -0.3 is 5.11 Å². The van der Waals surface area contributed by atoms with Gasteiger partial charge in [0.1, 0.15) is 0 Å². The lowest BCUT2D eigenvalue weighted by atomic mass is 9.81. The first-order valence-corrected chi connectivity index (χ1v) is 6.96. The Morgan fingerprint density at radius 3 is 2.26 bits per heavy atom. The van der Waals surface area contributed by atoms with E-state index >= 15 is 0 Å². The summed E-state index contributed by atoms with van der Waals surface area (Å²) in [6.07, 6.45) is 2.22. The summed E-state index contributed by atoms with van der Waals surface area (Å²) in [7, 11) is 0. The normalized spacial score (nSPS) is 19.8. The minimum Gasteiger partial charge on any atom is -0.481 e. The maximum atomic E-state index is 12.4. The van der Waals surface area contributed by atoms with Gasteiger partial charge in [-0.05, 0) is 18.8 Å². The Morgan fingerprint density at radius 1 is 1.32 bits per heavy atom. The van der Waals surface area contributed by atoms with Crippen LogP contribution in [0.4, 0.5) is 0 Å². The summed E-state index contributed by atoms with van der Waals surface area (Å²) >= 11 is 0. The highest BCUT2D eigenvalue weighted by molar-refractivity contribution is 6.05. The molecule has 2 amide bonds. The Hall–Kier alpha value is -1.39. The van der Waals surface area contributed by atoms with Gasteiger partial charge in [0, 0.05) is 19.4 Å². The molecule has 1 aliphatic heterocycles. The van der Waals surface area contributed by atoms with E-state index in [0.29, 0.717) is 19.3 Å². The largest absolute Gasteiger partial charge is 0.481 e. The molecule has 1 heterocycles. The van der Waals surface area contributed by atoms with Gasteiger partial charge in [-0.1, -0.05) is 27.2 Å². The van der Waals surface area contributed by atoms with Gasteiger partial charge in [-0.15, -0.1) is 0 Å². The third kappa shape index (κ3) is 3.14. The summed E-state index contributed by atoms with van der Waals surface area (Å²) in [4.78, 5) is 36.4. The molecule has 5 heteroatoms. The zero-order chi connectivity index (χ0) is 14.6. The first-order chi connectivity index (χ1) is 8.90. The zero-order valence-corrected chi connectivity index (χ0v) is 11.9. The van der Waals surface area contributed by atoms with Crippen molar-refractivity contribution in [1.82, 2.24) is 4.90 Å². The average molecular weight is 269 g/mol. The maximum absolute atomic E-state index is 12.4. The Morgan fingerprint density at radius 2 is 1.89 bits per heavy atom.